The van der Waals surface area contributed by atoms with Crippen molar-refractivity contribution in [1.29, 1.82) is 0 Å². The van der Waals surface area contributed by atoms with Crippen LogP contribution in [0.3, 0.4) is 0 Å². The number of carbonyl (C=O) groups is 1. The second kappa shape index (κ2) is 8.49. The highest BCUT2D eigenvalue weighted by molar-refractivity contribution is 5.92. The lowest BCUT2D eigenvalue weighted by atomic mass is 10.1. The summed E-state index contributed by atoms with van der Waals surface area (Å²) in [6.07, 6.45) is 1.43. The zero-order chi connectivity index (χ0) is 21.3. The van der Waals surface area contributed by atoms with Crippen molar-refractivity contribution in [2.75, 3.05) is 30.4 Å². The minimum Gasteiger partial charge on any atom is -0.494 e. The van der Waals surface area contributed by atoms with Gasteiger partial charge in [0.05, 0.1) is 31.5 Å². The van der Waals surface area contributed by atoms with Crippen molar-refractivity contribution in [3.63, 3.8) is 0 Å². The van der Waals surface area contributed by atoms with Crippen LogP contribution in [0, 0.1) is 5.82 Å². The van der Waals surface area contributed by atoms with E-state index in [1.54, 1.807) is 12.1 Å². The maximum atomic E-state index is 14.0. The number of amides is 2. The Balaban J connectivity index is 1.53. The van der Waals surface area contributed by atoms with E-state index >= 15 is 0 Å². The normalized spacial score (nSPS) is 20.2. The lowest BCUT2D eigenvalue weighted by Gasteiger charge is -2.23. The second-order valence-corrected chi connectivity index (χ2v) is 7.70. The SMILES string of the molecule is COc1c(CO)cc(N2CCCC2)cc1NC(=O)N[C@@H]1Cc2c(F)cccc2[C@@H]1O. The molecular weight excluding hydrogens is 389 g/mol. The number of nitrogens with one attached hydrogen (secondary N) is 2. The van der Waals surface area contributed by atoms with Crippen LogP contribution in [0.1, 0.15) is 35.6 Å². The summed E-state index contributed by atoms with van der Waals surface area (Å²) in [5.74, 6) is 0.000673. The summed E-state index contributed by atoms with van der Waals surface area (Å²) in [6, 6.07) is 7.08. The van der Waals surface area contributed by atoms with Crippen LogP contribution in [0.2, 0.25) is 0 Å². The third-order valence-corrected chi connectivity index (χ3v) is 5.84. The van der Waals surface area contributed by atoms with Crippen LogP contribution in [-0.2, 0) is 13.0 Å². The molecule has 2 aliphatic rings. The van der Waals surface area contributed by atoms with Crippen LogP contribution < -0.4 is 20.3 Å². The number of methoxy groups -OCH3 is 1. The number of ether oxygens (including phenoxy) is 1. The topological polar surface area (TPSA) is 94.1 Å². The maximum Gasteiger partial charge on any atom is 0.319 e. The van der Waals surface area contributed by atoms with Crippen molar-refractivity contribution < 1.29 is 24.1 Å². The molecule has 8 heteroatoms. The Kier molecular flexibility index (Phi) is 5.78. The number of nitrogens with zero attached hydrogens (tertiary/aromatic N) is 1. The molecule has 0 aromatic heterocycles. The molecule has 1 aliphatic carbocycles. The molecule has 2 atom stereocenters. The molecule has 30 heavy (non-hydrogen) atoms. The molecule has 0 unspecified atom stereocenters. The van der Waals surface area contributed by atoms with Crippen LogP contribution in [0.15, 0.2) is 30.3 Å². The van der Waals surface area contributed by atoms with Gasteiger partial charge in [-0.15, -0.1) is 0 Å². The molecule has 0 saturated carbocycles. The first kappa shape index (κ1) is 20.4. The van der Waals surface area contributed by atoms with Crippen LogP contribution >= 0.6 is 0 Å². The average Bonchev–Trinajstić information content (AvgIpc) is 3.38. The fraction of sp³-hybridized carbons (Fsp3) is 0.409. The molecule has 0 spiro atoms. The number of aliphatic hydroxyl groups is 2. The Hall–Kier alpha value is -2.84. The number of hydrogen-bond acceptors (Lipinski definition) is 5. The smallest absolute Gasteiger partial charge is 0.319 e. The van der Waals surface area contributed by atoms with E-state index in [1.807, 2.05) is 12.1 Å². The molecule has 1 saturated heterocycles. The molecule has 7 nitrogen and oxygen atoms in total. The van der Waals surface area contributed by atoms with Crippen LogP contribution in [0.5, 0.6) is 5.75 Å². The van der Waals surface area contributed by atoms with Gasteiger partial charge in [-0.1, -0.05) is 12.1 Å². The molecule has 4 N–H and O–H groups in total. The quantitative estimate of drug-likeness (QED) is 0.603. The highest BCUT2D eigenvalue weighted by Crippen LogP contribution is 2.36. The zero-order valence-electron chi connectivity index (χ0n) is 16.8. The summed E-state index contributed by atoms with van der Waals surface area (Å²) in [5, 5.41) is 25.8. The van der Waals surface area contributed by atoms with Gasteiger partial charge in [0.15, 0.2) is 0 Å². The number of hydrogen-bond donors (Lipinski definition) is 4. The van der Waals surface area contributed by atoms with E-state index in [0.29, 0.717) is 28.1 Å². The first-order valence-electron chi connectivity index (χ1n) is 10.1. The van der Waals surface area contributed by atoms with Crippen LogP contribution in [0.25, 0.3) is 0 Å². The molecule has 2 aromatic rings. The largest absolute Gasteiger partial charge is 0.494 e. The highest BCUT2D eigenvalue weighted by atomic mass is 19.1. The molecule has 160 valence electrons. The predicted octanol–water partition coefficient (Wildman–Crippen LogP) is 2.71. The van der Waals surface area contributed by atoms with E-state index in [2.05, 4.69) is 15.5 Å². The Morgan fingerprint density at radius 1 is 1.30 bits per heavy atom. The predicted molar refractivity (Wildman–Crippen MR) is 111 cm³/mol. The number of rotatable bonds is 5. The van der Waals surface area contributed by atoms with Gasteiger partial charge in [0.2, 0.25) is 0 Å². The van der Waals surface area contributed by atoms with Crippen molar-refractivity contribution in [3.8, 4) is 5.75 Å². The van der Waals surface area contributed by atoms with Crippen molar-refractivity contribution in [2.24, 2.45) is 0 Å². The van der Waals surface area contributed by atoms with E-state index in [1.165, 1.54) is 13.2 Å². The van der Waals surface area contributed by atoms with Gasteiger partial charge in [-0.05, 0) is 48.6 Å². The second-order valence-electron chi connectivity index (χ2n) is 7.70. The minimum atomic E-state index is -0.979. The van der Waals surface area contributed by atoms with Crippen molar-refractivity contribution in [3.05, 3.63) is 52.8 Å². The molecule has 0 radical (unpaired) electrons. The molecule has 1 heterocycles. The van der Waals surface area contributed by atoms with E-state index in [4.69, 9.17) is 4.74 Å². The van der Waals surface area contributed by atoms with Gasteiger partial charge in [0.25, 0.3) is 0 Å². The van der Waals surface area contributed by atoms with E-state index in [0.717, 1.165) is 31.6 Å². The van der Waals surface area contributed by atoms with Gasteiger partial charge in [-0.3, -0.25) is 0 Å². The van der Waals surface area contributed by atoms with Gasteiger partial charge in [-0.2, -0.15) is 0 Å². The minimum absolute atomic E-state index is 0.212. The van der Waals surface area contributed by atoms with Crippen molar-refractivity contribution in [2.45, 2.75) is 38.0 Å². The van der Waals surface area contributed by atoms with Crippen molar-refractivity contribution in [1.82, 2.24) is 5.32 Å². The summed E-state index contributed by atoms with van der Waals surface area (Å²) in [6.45, 7) is 1.61. The lowest BCUT2D eigenvalue weighted by molar-refractivity contribution is 0.145. The van der Waals surface area contributed by atoms with Gasteiger partial charge in [-0.25, -0.2) is 9.18 Å². The first-order chi connectivity index (χ1) is 14.5. The maximum absolute atomic E-state index is 14.0. The summed E-state index contributed by atoms with van der Waals surface area (Å²) >= 11 is 0. The summed E-state index contributed by atoms with van der Waals surface area (Å²) < 4.78 is 19.4. The van der Waals surface area contributed by atoms with E-state index in [9.17, 15) is 19.4 Å². The molecule has 1 aliphatic heterocycles. The Morgan fingerprint density at radius 2 is 2.07 bits per heavy atom. The number of aliphatic hydroxyl groups excluding tert-OH is 2. The molecule has 0 bridgehead atoms. The third-order valence-electron chi connectivity index (χ3n) is 5.84. The van der Waals surface area contributed by atoms with Gasteiger partial charge < -0.3 is 30.5 Å². The lowest BCUT2D eigenvalue weighted by Crippen LogP contribution is -2.40. The van der Waals surface area contributed by atoms with E-state index in [-0.39, 0.29) is 18.8 Å². The Morgan fingerprint density at radius 3 is 2.73 bits per heavy atom. The molecule has 1 fully saturated rings. The number of fused-ring (bicyclic) bond motifs is 1. The van der Waals surface area contributed by atoms with E-state index < -0.39 is 18.2 Å². The highest BCUT2D eigenvalue weighted by Gasteiger charge is 2.34. The standard InChI is InChI=1S/C22H26FN3O4/c1-30-21-13(12-27)9-14(26-7-2-3-8-26)10-19(21)25-22(29)24-18-11-16-15(20(18)28)5-4-6-17(16)23/h4-6,9-10,18,20,27-28H,2-3,7-8,11-12H2,1H3,(H2,24,25,29)/t18-,20+/m1/s1. The molecule has 4 rings (SSSR count). The van der Waals surface area contributed by atoms with Crippen molar-refractivity contribution >= 4 is 17.4 Å². The third kappa shape index (κ3) is 3.80. The fourth-order valence-corrected chi connectivity index (χ4v) is 4.35. The van der Waals surface area contributed by atoms with Gasteiger partial charge in [0, 0.05) is 24.3 Å². The molecule has 2 amide bonds. The zero-order valence-corrected chi connectivity index (χ0v) is 16.8. The number of benzene rings is 2. The Bertz CT molecular complexity index is 946. The average molecular weight is 415 g/mol. The van der Waals surface area contributed by atoms with Crippen LogP contribution in [-0.4, -0.2) is 42.5 Å². The number of urea groups is 1. The summed E-state index contributed by atoms with van der Waals surface area (Å²) in [5.41, 5.74) is 2.83. The number of halogens is 1. The Labute approximate surface area is 174 Å². The fourth-order valence-electron chi connectivity index (χ4n) is 4.35. The molecule has 2 aromatic carbocycles. The van der Waals surface area contributed by atoms with Gasteiger partial charge in [0.1, 0.15) is 11.6 Å². The first-order valence-corrected chi connectivity index (χ1v) is 10.1. The van der Waals surface area contributed by atoms with Crippen LogP contribution in [0.4, 0.5) is 20.6 Å². The number of anilines is 2. The number of carbonyl (C=O) groups excluding carboxylic acids is 1. The summed E-state index contributed by atoms with van der Waals surface area (Å²) in [7, 11) is 1.48. The molecular formula is C22H26FN3O4. The monoisotopic (exact) mass is 415 g/mol. The van der Waals surface area contributed by atoms with Gasteiger partial charge >= 0.3 is 6.03 Å². The summed E-state index contributed by atoms with van der Waals surface area (Å²) in [4.78, 5) is 14.9.